The van der Waals surface area contributed by atoms with Crippen molar-refractivity contribution in [1.29, 1.82) is 0 Å². The molecule has 0 radical (unpaired) electrons. The Morgan fingerprint density at radius 2 is 2.19 bits per heavy atom. The molecule has 0 unspecified atom stereocenters. The SMILES string of the molecule is c1ccc2c(N[C@@H]3CCNC3)ncnc2c1. The van der Waals surface area contributed by atoms with Gasteiger partial charge in [0.1, 0.15) is 12.1 Å². The first-order valence-electron chi connectivity index (χ1n) is 5.60. The van der Waals surface area contributed by atoms with E-state index in [0.717, 1.165) is 36.2 Å². The van der Waals surface area contributed by atoms with Gasteiger partial charge in [0.05, 0.1) is 5.52 Å². The van der Waals surface area contributed by atoms with Crippen molar-refractivity contribution < 1.29 is 0 Å². The first-order chi connectivity index (χ1) is 7.93. The van der Waals surface area contributed by atoms with E-state index in [1.807, 2.05) is 18.2 Å². The number of fused-ring (bicyclic) bond motifs is 1. The molecule has 2 heterocycles. The van der Waals surface area contributed by atoms with Crippen LogP contribution in [0.4, 0.5) is 5.82 Å². The van der Waals surface area contributed by atoms with Crippen LogP contribution in [-0.4, -0.2) is 29.1 Å². The second-order valence-electron chi connectivity index (χ2n) is 4.07. The summed E-state index contributed by atoms with van der Waals surface area (Å²) in [6, 6.07) is 8.56. The van der Waals surface area contributed by atoms with E-state index >= 15 is 0 Å². The van der Waals surface area contributed by atoms with E-state index < -0.39 is 0 Å². The van der Waals surface area contributed by atoms with Crippen LogP contribution in [0.3, 0.4) is 0 Å². The van der Waals surface area contributed by atoms with Crippen LogP contribution in [0.15, 0.2) is 30.6 Å². The molecule has 82 valence electrons. The molecule has 2 aromatic rings. The summed E-state index contributed by atoms with van der Waals surface area (Å²) >= 11 is 0. The zero-order valence-electron chi connectivity index (χ0n) is 8.98. The highest BCUT2D eigenvalue weighted by Crippen LogP contribution is 2.19. The van der Waals surface area contributed by atoms with Crippen LogP contribution in [0.1, 0.15) is 6.42 Å². The molecule has 0 saturated carbocycles. The number of anilines is 1. The van der Waals surface area contributed by atoms with Crippen LogP contribution < -0.4 is 10.6 Å². The molecule has 1 aliphatic rings. The van der Waals surface area contributed by atoms with Gasteiger partial charge >= 0.3 is 0 Å². The fraction of sp³-hybridized carbons (Fsp3) is 0.333. The van der Waals surface area contributed by atoms with Crippen molar-refractivity contribution >= 4 is 16.7 Å². The van der Waals surface area contributed by atoms with Crippen LogP contribution in [0.2, 0.25) is 0 Å². The quantitative estimate of drug-likeness (QED) is 0.793. The maximum atomic E-state index is 4.32. The maximum Gasteiger partial charge on any atom is 0.137 e. The Balaban J connectivity index is 1.96. The number of para-hydroxylation sites is 1. The van der Waals surface area contributed by atoms with E-state index in [2.05, 4.69) is 26.7 Å². The molecule has 1 aromatic carbocycles. The highest BCUT2D eigenvalue weighted by molar-refractivity contribution is 5.88. The number of benzene rings is 1. The zero-order valence-corrected chi connectivity index (χ0v) is 8.98. The summed E-state index contributed by atoms with van der Waals surface area (Å²) in [6.45, 7) is 2.10. The number of hydrogen-bond acceptors (Lipinski definition) is 4. The van der Waals surface area contributed by atoms with Crippen LogP contribution >= 0.6 is 0 Å². The third-order valence-electron chi connectivity index (χ3n) is 2.94. The van der Waals surface area contributed by atoms with Gasteiger partial charge in [0.25, 0.3) is 0 Å². The number of aromatic nitrogens is 2. The van der Waals surface area contributed by atoms with Crippen molar-refractivity contribution in [3.8, 4) is 0 Å². The summed E-state index contributed by atoms with van der Waals surface area (Å²) in [5.41, 5.74) is 0.992. The van der Waals surface area contributed by atoms with E-state index in [1.165, 1.54) is 0 Å². The van der Waals surface area contributed by atoms with E-state index in [9.17, 15) is 0 Å². The first-order valence-corrected chi connectivity index (χ1v) is 5.60. The highest BCUT2D eigenvalue weighted by atomic mass is 15.1. The number of nitrogens with zero attached hydrogens (tertiary/aromatic N) is 2. The summed E-state index contributed by atoms with van der Waals surface area (Å²) in [5.74, 6) is 0.944. The lowest BCUT2D eigenvalue weighted by Crippen LogP contribution is -2.22. The molecule has 1 fully saturated rings. The van der Waals surface area contributed by atoms with E-state index in [0.29, 0.717) is 6.04 Å². The van der Waals surface area contributed by atoms with Gasteiger partial charge in [-0.2, -0.15) is 0 Å². The van der Waals surface area contributed by atoms with Gasteiger partial charge in [0.2, 0.25) is 0 Å². The third kappa shape index (κ3) is 1.72. The Morgan fingerprint density at radius 3 is 3.06 bits per heavy atom. The Labute approximate surface area is 94.1 Å². The second kappa shape index (κ2) is 4.06. The van der Waals surface area contributed by atoms with Crippen molar-refractivity contribution in [3.05, 3.63) is 30.6 Å². The van der Waals surface area contributed by atoms with Gasteiger partial charge in [-0.1, -0.05) is 12.1 Å². The van der Waals surface area contributed by atoms with Crippen LogP contribution in [0.25, 0.3) is 10.9 Å². The van der Waals surface area contributed by atoms with Gasteiger partial charge < -0.3 is 10.6 Å². The van der Waals surface area contributed by atoms with Gasteiger partial charge in [-0.15, -0.1) is 0 Å². The van der Waals surface area contributed by atoms with Gasteiger partial charge in [0, 0.05) is 18.0 Å². The Morgan fingerprint density at radius 1 is 1.25 bits per heavy atom. The van der Waals surface area contributed by atoms with Crippen LogP contribution in [0, 0.1) is 0 Å². The highest BCUT2D eigenvalue weighted by Gasteiger charge is 2.15. The normalized spacial score (nSPS) is 20.1. The minimum absolute atomic E-state index is 0.485. The molecule has 16 heavy (non-hydrogen) atoms. The lowest BCUT2D eigenvalue weighted by atomic mass is 10.2. The van der Waals surface area contributed by atoms with Crippen molar-refractivity contribution in [2.75, 3.05) is 18.4 Å². The van der Waals surface area contributed by atoms with Crippen molar-refractivity contribution in [2.45, 2.75) is 12.5 Å². The summed E-state index contributed by atoms with van der Waals surface area (Å²) in [5, 5.41) is 7.90. The topological polar surface area (TPSA) is 49.8 Å². The zero-order chi connectivity index (χ0) is 10.8. The standard InChI is InChI=1S/C12H14N4/c1-2-4-11-10(3-1)12(15-8-14-11)16-9-5-6-13-7-9/h1-4,8-9,13H,5-7H2,(H,14,15,16)/t9-/m1/s1. The molecule has 4 heteroatoms. The molecule has 1 aromatic heterocycles. The van der Waals surface area contributed by atoms with Gasteiger partial charge in [-0.05, 0) is 25.1 Å². The lowest BCUT2D eigenvalue weighted by molar-refractivity contribution is 0.789. The van der Waals surface area contributed by atoms with Gasteiger partial charge in [-0.3, -0.25) is 0 Å². The van der Waals surface area contributed by atoms with Crippen molar-refractivity contribution in [1.82, 2.24) is 15.3 Å². The largest absolute Gasteiger partial charge is 0.365 e. The van der Waals surface area contributed by atoms with Crippen LogP contribution in [-0.2, 0) is 0 Å². The molecule has 2 N–H and O–H groups in total. The Hall–Kier alpha value is -1.68. The average molecular weight is 214 g/mol. The molecule has 1 aliphatic heterocycles. The summed E-state index contributed by atoms with van der Waals surface area (Å²) in [4.78, 5) is 8.57. The predicted octanol–water partition coefficient (Wildman–Crippen LogP) is 1.40. The van der Waals surface area contributed by atoms with Gasteiger partial charge in [0.15, 0.2) is 0 Å². The smallest absolute Gasteiger partial charge is 0.137 e. The molecule has 0 aliphatic carbocycles. The minimum Gasteiger partial charge on any atom is -0.365 e. The van der Waals surface area contributed by atoms with E-state index in [4.69, 9.17) is 0 Å². The fourth-order valence-corrected chi connectivity index (χ4v) is 2.09. The van der Waals surface area contributed by atoms with E-state index in [1.54, 1.807) is 6.33 Å². The Bertz CT molecular complexity index is 486. The summed E-state index contributed by atoms with van der Waals surface area (Å²) in [7, 11) is 0. The predicted molar refractivity (Wildman–Crippen MR) is 64.4 cm³/mol. The van der Waals surface area contributed by atoms with Crippen molar-refractivity contribution in [3.63, 3.8) is 0 Å². The molecule has 3 rings (SSSR count). The Kier molecular flexibility index (Phi) is 2.42. The summed E-state index contributed by atoms with van der Waals surface area (Å²) < 4.78 is 0. The van der Waals surface area contributed by atoms with E-state index in [-0.39, 0.29) is 0 Å². The molecule has 0 amide bonds. The third-order valence-corrected chi connectivity index (χ3v) is 2.94. The van der Waals surface area contributed by atoms with Gasteiger partial charge in [-0.25, -0.2) is 9.97 Å². The molecular formula is C12H14N4. The number of rotatable bonds is 2. The molecule has 1 atom stereocenters. The molecule has 1 saturated heterocycles. The monoisotopic (exact) mass is 214 g/mol. The molecular weight excluding hydrogens is 200 g/mol. The lowest BCUT2D eigenvalue weighted by Gasteiger charge is -2.13. The number of hydrogen-bond donors (Lipinski definition) is 2. The summed E-state index contributed by atoms with van der Waals surface area (Å²) in [6.07, 6.45) is 2.77. The second-order valence-corrected chi connectivity index (χ2v) is 4.07. The van der Waals surface area contributed by atoms with Crippen LogP contribution in [0.5, 0.6) is 0 Å². The minimum atomic E-state index is 0.485. The number of nitrogens with one attached hydrogen (secondary N) is 2. The molecule has 0 bridgehead atoms. The maximum absolute atomic E-state index is 4.32. The fourth-order valence-electron chi connectivity index (χ4n) is 2.09. The molecule has 4 nitrogen and oxygen atoms in total. The first kappa shape index (κ1) is 9.54. The molecule has 0 spiro atoms. The van der Waals surface area contributed by atoms with Crippen molar-refractivity contribution in [2.24, 2.45) is 0 Å². The average Bonchev–Trinajstić information content (AvgIpc) is 2.82.